The Labute approximate surface area is 157 Å². The van der Waals surface area contributed by atoms with E-state index in [0.29, 0.717) is 16.7 Å². The van der Waals surface area contributed by atoms with E-state index in [0.717, 1.165) is 21.0 Å². The first-order valence-electron chi connectivity index (χ1n) is 7.84. The maximum atomic E-state index is 12.7. The summed E-state index contributed by atoms with van der Waals surface area (Å²) in [6, 6.07) is 18.0. The maximum absolute atomic E-state index is 12.7. The van der Waals surface area contributed by atoms with E-state index in [1.165, 1.54) is 0 Å². The molecule has 0 saturated heterocycles. The molecule has 5 heteroatoms. The highest BCUT2D eigenvalue weighted by molar-refractivity contribution is 9.10. The fourth-order valence-electron chi connectivity index (χ4n) is 2.76. The van der Waals surface area contributed by atoms with E-state index in [1.807, 2.05) is 30.3 Å². The molecule has 0 spiro atoms. The van der Waals surface area contributed by atoms with Crippen molar-refractivity contribution in [3.63, 3.8) is 0 Å². The van der Waals surface area contributed by atoms with Crippen molar-refractivity contribution in [2.24, 2.45) is 0 Å². The molecule has 0 unspecified atom stereocenters. The van der Waals surface area contributed by atoms with Gasteiger partial charge in [0, 0.05) is 28.9 Å². The van der Waals surface area contributed by atoms with Crippen molar-refractivity contribution in [1.82, 2.24) is 4.98 Å². The zero-order valence-corrected chi connectivity index (χ0v) is 15.0. The number of hydrogen-bond donors (Lipinski definition) is 0. The van der Waals surface area contributed by atoms with Gasteiger partial charge in [-0.05, 0) is 70.0 Å². The number of hydrogen-bond acceptors (Lipinski definition) is 4. The van der Waals surface area contributed by atoms with E-state index >= 15 is 0 Å². The molecule has 124 valence electrons. The van der Waals surface area contributed by atoms with Crippen LogP contribution in [0.25, 0.3) is 22.1 Å². The first-order valence-corrected chi connectivity index (χ1v) is 8.63. The molecule has 0 radical (unpaired) electrons. The number of fused-ring (bicyclic) bond motifs is 1. The van der Waals surface area contributed by atoms with Crippen molar-refractivity contribution in [2.75, 3.05) is 0 Å². The van der Waals surface area contributed by atoms with Crippen LogP contribution in [-0.2, 0) is 0 Å². The van der Waals surface area contributed by atoms with E-state index in [-0.39, 0.29) is 11.5 Å². The Kier molecular flexibility index (Phi) is 4.11. The lowest BCUT2D eigenvalue weighted by Crippen LogP contribution is -1.99. The van der Waals surface area contributed by atoms with Gasteiger partial charge in [0.05, 0.1) is 16.1 Å². The zero-order chi connectivity index (χ0) is 18.1. The van der Waals surface area contributed by atoms with Crippen molar-refractivity contribution in [3.8, 4) is 17.2 Å². The molecule has 0 aliphatic rings. The average Bonchev–Trinajstić information content (AvgIpc) is 3.13. The smallest absolute Gasteiger partial charge is 0.228 e. The van der Waals surface area contributed by atoms with Gasteiger partial charge >= 0.3 is 0 Å². The SMILES string of the molecule is N#Cc1ccc(C(=O)c2cc3cc(-c4cccnc4)cc(Br)c3o2)cc1. The zero-order valence-electron chi connectivity index (χ0n) is 13.4. The number of benzene rings is 2. The third-order valence-electron chi connectivity index (χ3n) is 4.07. The van der Waals surface area contributed by atoms with Gasteiger partial charge < -0.3 is 4.42 Å². The number of nitrogens with zero attached hydrogens (tertiary/aromatic N) is 2. The minimum Gasteiger partial charge on any atom is -0.451 e. The summed E-state index contributed by atoms with van der Waals surface area (Å²) in [5.41, 5.74) is 3.57. The van der Waals surface area contributed by atoms with Crippen LogP contribution >= 0.6 is 15.9 Å². The molecule has 0 aliphatic heterocycles. The Balaban J connectivity index is 1.76. The number of nitriles is 1. The van der Waals surface area contributed by atoms with E-state index in [9.17, 15) is 4.79 Å². The molecule has 0 amide bonds. The fraction of sp³-hybridized carbons (Fsp3) is 0. The van der Waals surface area contributed by atoms with Crippen LogP contribution in [-0.4, -0.2) is 10.8 Å². The van der Waals surface area contributed by atoms with Crippen molar-refractivity contribution in [1.29, 1.82) is 5.26 Å². The summed E-state index contributed by atoms with van der Waals surface area (Å²) in [6.45, 7) is 0. The molecular formula is C21H11BrN2O2. The molecule has 0 bridgehead atoms. The number of ketones is 1. The fourth-order valence-corrected chi connectivity index (χ4v) is 3.32. The van der Waals surface area contributed by atoms with Crippen molar-refractivity contribution >= 4 is 32.7 Å². The lowest BCUT2D eigenvalue weighted by Gasteiger charge is -2.02. The summed E-state index contributed by atoms with van der Waals surface area (Å²) >= 11 is 3.52. The van der Waals surface area contributed by atoms with Crippen molar-refractivity contribution < 1.29 is 9.21 Å². The third-order valence-corrected chi connectivity index (χ3v) is 4.65. The van der Waals surface area contributed by atoms with Gasteiger partial charge in [-0.2, -0.15) is 5.26 Å². The second-order valence-electron chi connectivity index (χ2n) is 5.75. The summed E-state index contributed by atoms with van der Waals surface area (Å²) in [4.78, 5) is 16.8. The van der Waals surface area contributed by atoms with Crippen LogP contribution in [0, 0.1) is 11.3 Å². The van der Waals surface area contributed by atoms with Gasteiger partial charge in [-0.3, -0.25) is 9.78 Å². The summed E-state index contributed by atoms with van der Waals surface area (Å²) in [5.74, 6) is 0.0364. The van der Waals surface area contributed by atoms with Crippen LogP contribution in [0.2, 0.25) is 0 Å². The summed E-state index contributed by atoms with van der Waals surface area (Å²) in [7, 11) is 0. The number of carbonyl (C=O) groups excluding carboxylic acids is 1. The molecule has 0 aliphatic carbocycles. The third kappa shape index (κ3) is 2.92. The van der Waals surface area contributed by atoms with Gasteiger partial charge in [0.1, 0.15) is 5.58 Å². The number of furan rings is 1. The predicted octanol–water partition coefficient (Wildman–Crippen LogP) is 5.36. The van der Waals surface area contributed by atoms with Gasteiger partial charge in [0.2, 0.25) is 5.78 Å². The molecule has 0 atom stereocenters. The van der Waals surface area contributed by atoms with Gasteiger partial charge in [-0.25, -0.2) is 0 Å². The average molecular weight is 403 g/mol. The number of halogens is 1. The lowest BCUT2D eigenvalue weighted by molar-refractivity contribution is 0.101. The Bertz CT molecular complexity index is 1160. The van der Waals surface area contributed by atoms with Crippen molar-refractivity contribution in [2.45, 2.75) is 0 Å². The van der Waals surface area contributed by atoms with Crippen LogP contribution < -0.4 is 0 Å². The van der Waals surface area contributed by atoms with E-state index in [2.05, 4.69) is 20.9 Å². The largest absolute Gasteiger partial charge is 0.451 e. The molecule has 0 N–H and O–H groups in total. The van der Waals surface area contributed by atoms with E-state index < -0.39 is 0 Å². The number of pyridine rings is 1. The molecule has 2 heterocycles. The Morgan fingerprint density at radius 1 is 1.08 bits per heavy atom. The second kappa shape index (κ2) is 6.58. The highest BCUT2D eigenvalue weighted by Crippen LogP contribution is 2.33. The van der Waals surface area contributed by atoms with Crippen LogP contribution in [0.5, 0.6) is 0 Å². The first kappa shape index (κ1) is 16.2. The van der Waals surface area contributed by atoms with Gasteiger partial charge in [-0.15, -0.1) is 0 Å². The van der Waals surface area contributed by atoms with Crippen LogP contribution in [0.15, 0.2) is 75.9 Å². The summed E-state index contributed by atoms with van der Waals surface area (Å²) in [5, 5.41) is 9.70. The molecule has 4 rings (SSSR count). The quantitative estimate of drug-likeness (QED) is 0.432. The highest BCUT2D eigenvalue weighted by atomic mass is 79.9. The predicted molar refractivity (Wildman–Crippen MR) is 102 cm³/mol. The van der Waals surface area contributed by atoms with Gasteiger partial charge in [-0.1, -0.05) is 6.07 Å². The molecule has 2 aromatic heterocycles. The Morgan fingerprint density at radius 3 is 2.58 bits per heavy atom. The van der Waals surface area contributed by atoms with Crippen LogP contribution in [0.3, 0.4) is 0 Å². The monoisotopic (exact) mass is 402 g/mol. The van der Waals surface area contributed by atoms with Crippen molar-refractivity contribution in [3.05, 3.63) is 88.4 Å². The van der Waals surface area contributed by atoms with E-state index in [4.69, 9.17) is 9.68 Å². The molecule has 0 fully saturated rings. The van der Waals surface area contributed by atoms with E-state index in [1.54, 1.807) is 42.7 Å². The molecule has 0 saturated carbocycles. The minimum atomic E-state index is -0.222. The van der Waals surface area contributed by atoms with Crippen LogP contribution in [0.4, 0.5) is 0 Å². The van der Waals surface area contributed by atoms with Gasteiger partial charge in [0.25, 0.3) is 0 Å². The first-order chi connectivity index (χ1) is 12.7. The number of rotatable bonds is 3. The Hall–Kier alpha value is -3.23. The molecule has 2 aromatic carbocycles. The molecular weight excluding hydrogens is 392 g/mol. The maximum Gasteiger partial charge on any atom is 0.228 e. The number of carbonyl (C=O) groups is 1. The normalized spacial score (nSPS) is 10.6. The Morgan fingerprint density at radius 2 is 1.88 bits per heavy atom. The topological polar surface area (TPSA) is 66.9 Å². The molecule has 4 aromatic rings. The summed E-state index contributed by atoms with van der Waals surface area (Å²) in [6.07, 6.45) is 3.51. The van der Waals surface area contributed by atoms with Crippen LogP contribution in [0.1, 0.15) is 21.7 Å². The lowest BCUT2D eigenvalue weighted by atomic mass is 10.0. The number of aromatic nitrogens is 1. The highest BCUT2D eigenvalue weighted by Gasteiger charge is 2.17. The second-order valence-corrected chi connectivity index (χ2v) is 6.60. The summed E-state index contributed by atoms with van der Waals surface area (Å²) < 4.78 is 6.56. The molecule has 4 nitrogen and oxygen atoms in total. The standard InChI is InChI=1S/C21H11BrN2O2/c22-18-9-16(15-2-1-7-24-12-15)8-17-10-19(26-21(17)18)20(25)14-5-3-13(11-23)4-6-14/h1-10,12H. The molecule has 26 heavy (non-hydrogen) atoms. The minimum absolute atomic E-state index is 0.222. The van der Waals surface area contributed by atoms with Gasteiger partial charge in [0.15, 0.2) is 5.76 Å².